The summed E-state index contributed by atoms with van der Waals surface area (Å²) < 4.78 is 2.17. The van der Waals surface area contributed by atoms with Crippen LogP contribution in [0.25, 0.3) is 16.6 Å². The first-order chi connectivity index (χ1) is 16.2. The molecule has 2 fully saturated rings. The molecule has 0 spiro atoms. The number of thiophene rings is 1. The van der Waals surface area contributed by atoms with Gasteiger partial charge in [0.15, 0.2) is 5.65 Å². The van der Waals surface area contributed by atoms with Gasteiger partial charge in [-0.25, -0.2) is 9.38 Å². The molecular weight excluding hydrogens is 456 g/mol. The summed E-state index contributed by atoms with van der Waals surface area (Å²) in [6.07, 6.45) is 6.04. The fourth-order valence-electron chi connectivity index (χ4n) is 5.11. The van der Waals surface area contributed by atoms with Gasteiger partial charge in [-0.1, -0.05) is 36.9 Å². The number of anilines is 1. The number of piperazine rings is 1. The van der Waals surface area contributed by atoms with Crippen molar-refractivity contribution in [3.8, 4) is 0 Å². The van der Waals surface area contributed by atoms with Crippen molar-refractivity contribution in [1.29, 1.82) is 0 Å². The molecule has 170 valence electrons. The molecule has 33 heavy (non-hydrogen) atoms. The second-order valence-corrected chi connectivity index (χ2v) is 10.3. The van der Waals surface area contributed by atoms with E-state index in [2.05, 4.69) is 19.5 Å². The number of amides is 1. The summed E-state index contributed by atoms with van der Waals surface area (Å²) in [5.41, 5.74) is 1.66. The lowest BCUT2D eigenvalue weighted by Gasteiger charge is -2.35. The number of hydrogen-bond donors (Lipinski definition) is 0. The van der Waals surface area contributed by atoms with E-state index in [1.165, 1.54) is 30.6 Å². The maximum absolute atomic E-state index is 12.8. The number of hydrogen-bond acceptors (Lipinski definition) is 6. The fraction of sp³-hybridized carbons (Fsp3) is 0.417. The highest BCUT2D eigenvalue weighted by Crippen LogP contribution is 2.35. The van der Waals surface area contributed by atoms with Crippen LogP contribution >= 0.6 is 22.9 Å². The zero-order valence-electron chi connectivity index (χ0n) is 18.3. The first-order valence-corrected chi connectivity index (χ1v) is 12.9. The van der Waals surface area contributed by atoms with E-state index in [0.29, 0.717) is 37.1 Å². The minimum absolute atomic E-state index is 0.111. The van der Waals surface area contributed by atoms with Crippen LogP contribution in [0.5, 0.6) is 0 Å². The van der Waals surface area contributed by atoms with E-state index < -0.39 is 0 Å². The first kappa shape index (κ1) is 20.9. The summed E-state index contributed by atoms with van der Waals surface area (Å²) in [4.78, 5) is 22.9. The molecule has 1 saturated heterocycles. The third kappa shape index (κ3) is 3.75. The Kier molecular flexibility index (Phi) is 5.42. The number of nitrogens with zero attached hydrogens (tertiary/aromatic N) is 6. The molecule has 2 aliphatic rings. The molecule has 0 N–H and O–H groups in total. The summed E-state index contributed by atoms with van der Waals surface area (Å²) in [6, 6.07) is 9.58. The van der Waals surface area contributed by atoms with Gasteiger partial charge in [-0.3, -0.25) is 4.79 Å². The van der Waals surface area contributed by atoms with Crippen LogP contribution in [0.4, 0.5) is 5.95 Å². The highest BCUT2D eigenvalue weighted by molar-refractivity contribution is 7.12. The van der Waals surface area contributed by atoms with Crippen molar-refractivity contribution >= 4 is 51.3 Å². The van der Waals surface area contributed by atoms with Crippen LogP contribution in [0.3, 0.4) is 0 Å². The molecule has 1 saturated carbocycles. The van der Waals surface area contributed by atoms with E-state index >= 15 is 0 Å². The van der Waals surface area contributed by atoms with Gasteiger partial charge in [0.05, 0.1) is 10.4 Å². The summed E-state index contributed by atoms with van der Waals surface area (Å²) in [6.45, 7) is 2.75. The molecule has 0 unspecified atom stereocenters. The van der Waals surface area contributed by atoms with Crippen LogP contribution in [0.1, 0.15) is 53.5 Å². The molecule has 1 aliphatic carbocycles. The van der Waals surface area contributed by atoms with Crippen LogP contribution < -0.4 is 4.90 Å². The normalized spacial score (nSPS) is 17.8. The van der Waals surface area contributed by atoms with Crippen molar-refractivity contribution in [3.63, 3.8) is 0 Å². The van der Waals surface area contributed by atoms with Gasteiger partial charge in [0.25, 0.3) is 5.91 Å². The second kappa shape index (κ2) is 8.57. The molecule has 0 radical (unpaired) electrons. The number of rotatable bonds is 3. The lowest BCUT2D eigenvalue weighted by molar-refractivity contribution is 0.0751. The minimum atomic E-state index is 0.111. The number of benzene rings is 1. The van der Waals surface area contributed by atoms with Gasteiger partial charge >= 0.3 is 0 Å². The molecule has 1 aliphatic heterocycles. The second-order valence-electron chi connectivity index (χ2n) is 8.88. The molecule has 7 nitrogen and oxygen atoms in total. The Morgan fingerprint density at radius 2 is 1.85 bits per heavy atom. The van der Waals surface area contributed by atoms with Crippen molar-refractivity contribution in [3.05, 3.63) is 51.4 Å². The minimum Gasteiger partial charge on any atom is -0.338 e. The first-order valence-electron chi connectivity index (χ1n) is 11.6. The Labute approximate surface area is 201 Å². The Morgan fingerprint density at radius 1 is 1.03 bits per heavy atom. The van der Waals surface area contributed by atoms with Gasteiger partial charge in [-0.05, 0) is 42.5 Å². The number of carbonyl (C=O) groups is 1. The summed E-state index contributed by atoms with van der Waals surface area (Å²) in [5, 5.41) is 12.9. The summed E-state index contributed by atoms with van der Waals surface area (Å²) in [5.74, 6) is 2.38. The van der Waals surface area contributed by atoms with Crippen LogP contribution in [-0.2, 0) is 0 Å². The zero-order valence-corrected chi connectivity index (χ0v) is 19.9. The maximum atomic E-state index is 12.8. The molecule has 4 heterocycles. The highest BCUT2D eigenvalue weighted by atomic mass is 35.5. The Balaban J connectivity index is 1.39. The lowest BCUT2D eigenvalue weighted by Crippen LogP contribution is -2.49. The van der Waals surface area contributed by atoms with Crippen LogP contribution in [0.2, 0.25) is 5.02 Å². The van der Waals surface area contributed by atoms with Crippen molar-refractivity contribution in [1.82, 2.24) is 24.5 Å². The Bertz CT molecular complexity index is 1310. The largest absolute Gasteiger partial charge is 0.338 e. The molecule has 3 aromatic heterocycles. The van der Waals surface area contributed by atoms with Crippen LogP contribution in [0.15, 0.2) is 35.7 Å². The van der Waals surface area contributed by atoms with E-state index in [1.807, 2.05) is 40.6 Å². The summed E-state index contributed by atoms with van der Waals surface area (Å²) in [7, 11) is 0. The van der Waals surface area contributed by atoms with Gasteiger partial charge < -0.3 is 9.80 Å². The molecule has 6 rings (SSSR count). The number of aromatic nitrogens is 4. The summed E-state index contributed by atoms with van der Waals surface area (Å²) >= 11 is 7.79. The van der Waals surface area contributed by atoms with Crippen LogP contribution in [0, 0.1) is 0 Å². The van der Waals surface area contributed by atoms with Crippen molar-refractivity contribution in [2.75, 3.05) is 31.1 Å². The van der Waals surface area contributed by atoms with E-state index in [4.69, 9.17) is 16.6 Å². The highest BCUT2D eigenvalue weighted by Gasteiger charge is 2.29. The van der Waals surface area contributed by atoms with E-state index in [-0.39, 0.29) is 5.91 Å². The van der Waals surface area contributed by atoms with Gasteiger partial charge in [-0.2, -0.15) is 0 Å². The zero-order chi connectivity index (χ0) is 22.4. The SMILES string of the molecule is O=C(c1cccs1)N1CCN(c2nc3cc(Cl)ccc3c3nnc(C4CCCCC4)n23)CC1. The third-order valence-electron chi connectivity index (χ3n) is 6.86. The molecule has 0 bridgehead atoms. The smallest absolute Gasteiger partial charge is 0.264 e. The van der Waals surface area contributed by atoms with Gasteiger partial charge in [-0.15, -0.1) is 21.5 Å². The van der Waals surface area contributed by atoms with Gasteiger partial charge in [0.1, 0.15) is 5.82 Å². The molecular formula is C24H25ClN6OS. The van der Waals surface area contributed by atoms with Crippen LogP contribution in [-0.4, -0.2) is 56.6 Å². The Hall–Kier alpha value is -2.71. The number of carbonyl (C=O) groups excluding carboxylic acids is 1. The third-order valence-corrected chi connectivity index (χ3v) is 7.95. The maximum Gasteiger partial charge on any atom is 0.264 e. The average Bonchev–Trinajstić information content (AvgIpc) is 3.54. The topological polar surface area (TPSA) is 66.6 Å². The molecule has 1 aromatic carbocycles. The molecule has 1 amide bonds. The molecule has 9 heteroatoms. The van der Waals surface area contributed by atoms with Crippen molar-refractivity contribution in [2.45, 2.75) is 38.0 Å². The Morgan fingerprint density at radius 3 is 2.61 bits per heavy atom. The predicted molar refractivity (Wildman–Crippen MR) is 132 cm³/mol. The predicted octanol–water partition coefficient (Wildman–Crippen LogP) is 5.00. The van der Waals surface area contributed by atoms with Crippen molar-refractivity contribution < 1.29 is 4.79 Å². The molecule has 4 aromatic rings. The van der Waals surface area contributed by atoms with E-state index in [0.717, 1.165) is 46.0 Å². The van der Waals surface area contributed by atoms with Gasteiger partial charge in [0.2, 0.25) is 5.95 Å². The monoisotopic (exact) mass is 480 g/mol. The van der Waals surface area contributed by atoms with E-state index in [9.17, 15) is 4.79 Å². The lowest BCUT2D eigenvalue weighted by atomic mass is 9.89. The quantitative estimate of drug-likeness (QED) is 0.412. The number of halogens is 1. The molecule has 0 atom stereocenters. The van der Waals surface area contributed by atoms with Gasteiger partial charge in [0, 0.05) is 42.5 Å². The number of fused-ring (bicyclic) bond motifs is 3. The standard InChI is InChI=1S/C24H25ClN6OS/c25-17-8-9-18-19(15-17)26-24(31-21(27-28-22(18)31)16-5-2-1-3-6-16)30-12-10-29(11-13-30)23(32)20-7-4-14-33-20/h4,7-9,14-16H,1-3,5-6,10-13H2. The fourth-order valence-corrected chi connectivity index (χ4v) is 5.97. The average molecular weight is 481 g/mol. The van der Waals surface area contributed by atoms with Crippen molar-refractivity contribution in [2.24, 2.45) is 0 Å². The van der Waals surface area contributed by atoms with E-state index in [1.54, 1.807) is 0 Å².